The predicted molar refractivity (Wildman–Crippen MR) is 65.9 cm³/mol. The van der Waals surface area contributed by atoms with Crippen LogP contribution in [0.15, 0.2) is 6.07 Å². The molecule has 0 aromatic carbocycles. The number of rotatable bonds is 4. The molecule has 1 aromatic heterocycles. The first kappa shape index (κ1) is 15.8. The number of halogens is 4. The molecule has 0 saturated carbocycles. The van der Waals surface area contributed by atoms with E-state index in [2.05, 4.69) is 14.5 Å². The fraction of sp³-hybridized carbons (Fsp3) is 0.400. The van der Waals surface area contributed by atoms with Crippen molar-refractivity contribution >= 4 is 28.6 Å². The average Bonchev–Trinajstić information content (AvgIpc) is 2.30. The number of carbonyl (C=O) groups is 1. The second-order valence-corrected chi connectivity index (χ2v) is 4.25. The Morgan fingerprint density at radius 2 is 2.00 bits per heavy atom. The summed E-state index contributed by atoms with van der Waals surface area (Å²) < 4.78 is 50.2. The Morgan fingerprint density at radius 1 is 1.37 bits per heavy atom. The molecular weight excluding hydrogens is 382 g/mol. The van der Waals surface area contributed by atoms with Gasteiger partial charge in [-0.3, -0.25) is 4.79 Å². The zero-order valence-corrected chi connectivity index (χ0v) is 12.0. The Kier molecular flexibility index (Phi) is 5.20. The maximum Gasteiger partial charge on any atom is 0.573 e. The Bertz CT molecular complexity index is 479. The van der Waals surface area contributed by atoms with Crippen LogP contribution in [0, 0.1) is 3.70 Å². The highest BCUT2D eigenvalue weighted by Gasteiger charge is 2.33. The second-order valence-electron chi connectivity index (χ2n) is 3.23. The van der Waals surface area contributed by atoms with Crippen molar-refractivity contribution < 1.29 is 32.2 Å². The highest BCUT2D eigenvalue weighted by Crippen LogP contribution is 2.31. The molecular formula is C10H9F3INO4. The number of nitrogens with zero attached hydrogens (tertiary/aromatic N) is 1. The van der Waals surface area contributed by atoms with Gasteiger partial charge in [-0.15, -0.1) is 13.2 Å². The molecule has 0 aliphatic heterocycles. The van der Waals surface area contributed by atoms with Crippen LogP contribution in [0.2, 0.25) is 0 Å². The van der Waals surface area contributed by atoms with Crippen LogP contribution in [-0.2, 0) is 16.0 Å². The lowest BCUT2D eigenvalue weighted by Gasteiger charge is -2.14. The van der Waals surface area contributed by atoms with Gasteiger partial charge in [0.15, 0.2) is 11.5 Å². The lowest BCUT2D eigenvalue weighted by molar-refractivity contribution is -0.275. The van der Waals surface area contributed by atoms with Crippen LogP contribution in [0.5, 0.6) is 11.5 Å². The van der Waals surface area contributed by atoms with Gasteiger partial charge in [-0.05, 0) is 22.6 Å². The molecule has 0 fully saturated rings. The highest BCUT2D eigenvalue weighted by atomic mass is 127. The minimum atomic E-state index is -4.88. The van der Waals surface area contributed by atoms with Crippen molar-refractivity contribution in [1.29, 1.82) is 0 Å². The Balaban J connectivity index is 3.18. The minimum Gasteiger partial charge on any atom is -0.494 e. The van der Waals surface area contributed by atoms with Crippen molar-refractivity contribution in [2.24, 2.45) is 0 Å². The molecule has 106 valence electrons. The standard InChI is InChI=1S/C10H9F3INO4/c1-17-7-4-6(19-10(11,12)13)5(15-9(7)14)3-8(16)18-2/h4H,3H2,1-2H3. The van der Waals surface area contributed by atoms with Gasteiger partial charge in [0.05, 0.1) is 26.3 Å². The van der Waals surface area contributed by atoms with Crippen molar-refractivity contribution in [2.45, 2.75) is 12.8 Å². The molecule has 5 nitrogen and oxygen atoms in total. The number of pyridine rings is 1. The molecule has 0 amide bonds. The van der Waals surface area contributed by atoms with E-state index in [0.717, 1.165) is 13.2 Å². The molecule has 19 heavy (non-hydrogen) atoms. The molecule has 1 heterocycles. The summed E-state index contributed by atoms with van der Waals surface area (Å²) >= 11 is 1.77. The van der Waals surface area contributed by atoms with E-state index >= 15 is 0 Å². The SMILES string of the molecule is COC(=O)Cc1nc(I)c(OC)cc1OC(F)(F)F. The molecule has 9 heteroatoms. The van der Waals surface area contributed by atoms with Crippen LogP contribution in [0.3, 0.4) is 0 Å². The first-order valence-corrected chi connectivity index (χ1v) is 5.90. The van der Waals surface area contributed by atoms with E-state index in [-0.39, 0.29) is 11.4 Å². The Hall–Kier alpha value is -1.26. The topological polar surface area (TPSA) is 57.7 Å². The number of ether oxygens (including phenoxy) is 3. The molecule has 0 N–H and O–H groups in total. The van der Waals surface area contributed by atoms with Crippen molar-refractivity contribution in [2.75, 3.05) is 14.2 Å². The van der Waals surface area contributed by atoms with Crippen molar-refractivity contribution in [1.82, 2.24) is 4.98 Å². The molecule has 0 aliphatic carbocycles. The lowest BCUT2D eigenvalue weighted by atomic mass is 10.2. The van der Waals surface area contributed by atoms with Crippen molar-refractivity contribution in [3.63, 3.8) is 0 Å². The molecule has 0 bridgehead atoms. The fourth-order valence-corrected chi connectivity index (χ4v) is 1.85. The zero-order valence-electron chi connectivity index (χ0n) is 9.88. The first-order chi connectivity index (χ1) is 8.76. The number of hydrogen-bond acceptors (Lipinski definition) is 5. The summed E-state index contributed by atoms with van der Waals surface area (Å²) in [6.45, 7) is 0. The van der Waals surface area contributed by atoms with Gasteiger partial charge in [0.1, 0.15) is 3.70 Å². The van der Waals surface area contributed by atoms with Gasteiger partial charge in [0.2, 0.25) is 0 Å². The average molecular weight is 391 g/mol. The van der Waals surface area contributed by atoms with E-state index < -0.39 is 24.5 Å². The lowest BCUT2D eigenvalue weighted by Crippen LogP contribution is -2.20. The van der Waals surface area contributed by atoms with E-state index in [1.54, 1.807) is 22.6 Å². The van der Waals surface area contributed by atoms with Gasteiger partial charge in [-0.25, -0.2) is 4.98 Å². The maximum absolute atomic E-state index is 12.3. The van der Waals surface area contributed by atoms with Gasteiger partial charge in [0, 0.05) is 6.07 Å². The number of esters is 1. The summed E-state index contributed by atoms with van der Waals surface area (Å²) in [5, 5.41) is 0. The largest absolute Gasteiger partial charge is 0.573 e. The predicted octanol–water partition coefficient (Wildman–Crippen LogP) is 2.31. The van der Waals surface area contributed by atoms with Crippen LogP contribution >= 0.6 is 22.6 Å². The summed E-state index contributed by atoms with van der Waals surface area (Å²) in [5.41, 5.74) is -0.172. The van der Waals surface area contributed by atoms with Gasteiger partial charge in [0.25, 0.3) is 0 Å². The molecule has 0 spiro atoms. The van der Waals surface area contributed by atoms with Crippen molar-refractivity contribution in [3.05, 3.63) is 15.5 Å². The quantitative estimate of drug-likeness (QED) is 0.448. The molecule has 0 radical (unpaired) electrons. The third-order valence-corrected chi connectivity index (χ3v) is 2.74. The third kappa shape index (κ3) is 4.73. The monoisotopic (exact) mass is 391 g/mol. The summed E-state index contributed by atoms with van der Waals surface area (Å²) in [6.07, 6.45) is -5.31. The summed E-state index contributed by atoms with van der Waals surface area (Å²) in [5.74, 6) is -1.19. The van der Waals surface area contributed by atoms with Crippen molar-refractivity contribution in [3.8, 4) is 11.5 Å². The van der Waals surface area contributed by atoms with Gasteiger partial charge in [-0.2, -0.15) is 0 Å². The van der Waals surface area contributed by atoms with Crippen LogP contribution in [-0.4, -0.2) is 31.5 Å². The molecule has 1 rings (SSSR count). The number of carbonyl (C=O) groups excluding carboxylic acids is 1. The Labute approximate surface area is 120 Å². The smallest absolute Gasteiger partial charge is 0.494 e. The third-order valence-electron chi connectivity index (χ3n) is 1.97. The maximum atomic E-state index is 12.3. The van der Waals surface area contributed by atoms with Crippen LogP contribution < -0.4 is 9.47 Å². The van der Waals surface area contributed by atoms with Gasteiger partial charge in [-0.1, -0.05) is 0 Å². The second kappa shape index (κ2) is 6.26. The Morgan fingerprint density at radius 3 is 2.47 bits per heavy atom. The van der Waals surface area contributed by atoms with Crippen LogP contribution in [0.4, 0.5) is 13.2 Å². The summed E-state index contributed by atoms with van der Waals surface area (Å²) in [4.78, 5) is 15.0. The van der Waals surface area contributed by atoms with E-state index in [1.165, 1.54) is 7.11 Å². The van der Waals surface area contributed by atoms with Gasteiger partial charge < -0.3 is 14.2 Å². The summed E-state index contributed by atoms with van der Waals surface area (Å²) in [7, 11) is 2.41. The molecule has 0 unspecified atom stereocenters. The number of methoxy groups -OCH3 is 2. The van der Waals surface area contributed by atoms with E-state index in [4.69, 9.17) is 4.74 Å². The number of alkyl halides is 3. The molecule has 1 aromatic rings. The van der Waals surface area contributed by atoms with Crippen LogP contribution in [0.1, 0.15) is 5.69 Å². The van der Waals surface area contributed by atoms with E-state index in [1.807, 2.05) is 0 Å². The summed E-state index contributed by atoms with van der Waals surface area (Å²) in [6, 6.07) is 1.03. The molecule has 0 saturated heterocycles. The minimum absolute atomic E-state index is 0.119. The van der Waals surface area contributed by atoms with Gasteiger partial charge >= 0.3 is 12.3 Å². The molecule has 0 aliphatic rings. The van der Waals surface area contributed by atoms with E-state index in [9.17, 15) is 18.0 Å². The molecule has 0 atom stereocenters. The normalized spacial score (nSPS) is 11.1. The first-order valence-electron chi connectivity index (χ1n) is 4.82. The number of aromatic nitrogens is 1. The fourth-order valence-electron chi connectivity index (χ4n) is 1.18. The zero-order chi connectivity index (χ0) is 14.6. The van der Waals surface area contributed by atoms with Crippen LogP contribution in [0.25, 0.3) is 0 Å². The highest BCUT2D eigenvalue weighted by molar-refractivity contribution is 14.1. The van der Waals surface area contributed by atoms with E-state index in [0.29, 0.717) is 3.70 Å². The number of hydrogen-bond donors (Lipinski definition) is 0.